The summed E-state index contributed by atoms with van der Waals surface area (Å²) >= 11 is 0. The van der Waals surface area contributed by atoms with Crippen LogP contribution >= 0.6 is 7.60 Å². The molecule has 6 rings (SSSR count). The number of carbonyl (C=O) groups is 1. The zero-order valence-corrected chi connectivity index (χ0v) is 36.9. The average Bonchev–Trinajstić information content (AvgIpc) is 3.25. The summed E-state index contributed by atoms with van der Waals surface area (Å²) < 4.78 is 187. The van der Waals surface area contributed by atoms with Gasteiger partial charge in [-0.25, -0.2) is 0 Å². The van der Waals surface area contributed by atoms with Crippen LogP contribution in [0.15, 0.2) is 158 Å². The third-order valence-electron chi connectivity index (χ3n) is 8.40. The van der Waals surface area contributed by atoms with Crippen LogP contribution in [-0.4, -0.2) is 44.4 Å². The summed E-state index contributed by atoms with van der Waals surface area (Å²) in [5.74, 6) is -2.90. The largest absolute Gasteiger partial charge is 0.573 e. The van der Waals surface area contributed by atoms with Gasteiger partial charge in [0.1, 0.15) is 23.0 Å². The van der Waals surface area contributed by atoms with Gasteiger partial charge in [-0.3, -0.25) is 9.36 Å². The zero-order chi connectivity index (χ0) is 50.9. The molecule has 0 aliphatic carbocycles. The van der Waals surface area contributed by atoms with Gasteiger partial charge in [0.25, 0.3) is 0 Å². The summed E-state index contributed by atoms with van der Waals surface area (Å²) in [5.41, 5.74) is 2.36. The van der Waals surface area contributed by atoms with Crippen molar-refractivity contribution in [2.24, 2.45) is 0 Å². The average molecular weight is 1000 g/mol. The van der Waals surface area contributed by atoms with E-state index in [0.717, 1.165) is 54.1 Å². The van der Waals surface area contributed by atoms with E-state index in [-0.39, 0.29) is 11.1 Å². The Bertz CT molecular complexity index is 2500. The monoisotopic (exact) mass is 1000 g/mol. The minimum absolute atomic E-state index is 0.180. The molecule has 8 nitrogen and oxygen atoms in total. The number of benzene rings is 6. The van der Waals surface area contributed by atoms with E-state index < -0.39 is 61.8 Å². The summed E-state index contributed by atoms with van der Waals surface area (Å²) in [7, 11) is -2.94. The third kappa shape index (κ3) is 20.6. The van der Waals surface area contributed by atoms with E-state index in [1.165, 1.54) is 48.5 Å². The zero-order valence-electron chi connectivity index (χ0n) is 36.0. The molecule has 0 aromatic heterocycles. The van der Waals surface area contributed by atoms with E-state index in [0.29, 0.717) is 41.6 Å². The standard InChI is InChI=1S/C22H14F6O2.C15H8F6O3.C11H17O3P/c23-21(24,25)29-18-10-4-8-16(13-18)20(12-15-6-2-1-3-7-15)17-9-5-11-19(14-17)30-22(26,27)28;16-14(17,18)23-11-5-1-3-9(7-11)13(22)10-4-2-6-12(8-10)24-15(19,20)21;1-3-13-15(12,14-4-2)10-11-8-6-5-7-9-11/h1-14H;1-8H;5-9H,3-4,10H2,1-2H3. The fourth-order valence-electron chi connectivity index (χ4n) is 5.94. The molecule has 0 heterocycles. The number of hydrogen-bond donors (Lipinski definition) is 0. The summed E-state index contributed by atoms with van der Waals surface area (Å²) in [4.78, 5) is 12.2. The number of alkyl halides is 12. The fraction of sp³-hybridized carbons (Fsp3) is 0.188. The topological polar surface area (TPSA) is 89.5 Å². The molecule has 0 saturated heterocycles. The Hall–Kier alpha value is -6.76. The Kier molecular flexibility index (Phi) is 19.5. The van der Waals surface area contributed by atoms with E-state index in [4.69, 9.17) is 9.05 Å². The minimum Gasteiger partial charge on any atom is -0.406 e. The molecule has 0 radical (unpaired) electrons. The molecule has 0 N–H and O–H groups in total. The second-order valence-corrected chi connectivity index (χ2v) is 15.7. The van der Waals surface area contributed by atoms with Crippen LogP contribution in [-0.2, 0) is 19.8 Å². The molecule has 0 atom stereocenters. The van der Waals surface area contributed by atoms with Crippen molar-refractivity contribution in [3.8, 4) is 23.0 Å². The second-order valence-electron chi connectivity index (χ2n) is 13.7. The van der Waals surface area contributed by atoms with Gasteiger partial charge in [0.05, 0.1) is 19.4 Å². The highest BCUT2D eigenvalue weighted by Crippen LogP contribution is 2.51. The Morgan fingerprint density at radius 3 is 1.10 bits per heavy atom. The van der Waals surface area contributed by atoms with Gasteiger partial charge in [-0.1, -0.05) is 109 Å². The quantitative estimate of drug-likeness (QED) is 0.0435. The lowest BCUT2D eigenvalue weighted by Gasteiger charge is -2.16. The molecule has 69 heavy (non-hydrogen) atoms. The first-order valence-electron chi connectivity index (χ1n) is 20.0. The van der Waals surface area contributed by atoms with Crippen LogP contribution in [0.4, 0.5) is 52.7 Å². The number of ketones is 1. The van der Waals surface area contributed by atoms with Crippen molar-refractivity contribution in [3.63, 3.8) is 0 Å². The second kappa shape index (κ2) is 24.5. The lowest BCUT2D eigenvalue weighted by atomic mass is 9.95. The molecule has 0 aliphatic rings. The molecule has 21 heteroatoms. The van der Waals surface area contributed by atoms with Crippen molar-refractivity contribution < 1.29 is 90.0 Å². The van der Waals surface area contributed by atoms with Gasteiger partial charge in [0.2, 0.25) is 0 Å². The smallest absolute Gasteiger partial charge is 0.406 e. The van der Waals surface area contributed by atoms with E-state index in [1.54, 1.807) is 36.4 Å². The summed E-state index contributed by atoms with van der Waals surface area (Å²) in [6.07, 6.45) is -17.6. The molecule has 0 bridgehead atoms. The van der Waals surface area contributed by atoms with Crippen LogP contribution < -0.4 is 18.9 Å². The van der Waals surface area contributed by atoms with Gasteiger partial charge in [-0.15, -0.1) is 52.7 Å². The van der Waals surface area contributed by atoms with Crippen LogP contribution in [0.1, 0.15) is 52.0 Å². The first-order chi connectivity index (χ1) is 32.3. The highest BCUT2D eigenvalue weighted by Gasteiger charge is 2.34. The first-order valence-corrected chi connectivity index (χ1v) is 21.7. The van der Waals surface area contributed by atoms with Crippen molar-refractivity contribution in [3.05, 3.63) is 191 Å². The molecule has 0 fully saturated rings. The number of hydrogen-bond acceptors (Lipinski definition) is 8. The summed E-state index contributed by atoms with van der Waals surface area (Å²) in [6.45, 7) is 4.45. The first kappa shape index (κ1) is 54.8. The van der Waals surface area contributed by atoms with Crippen LogP contribution in [0, 0.1) is 0 Å². The minimum atomic E-state index is -4.93. The maximum atomic E-state index is 12.6. The van der Waals surface area contributed by atoms with Crippen molar-refractivity contribution in [2.75, 3.05) is 13.2 Å². The fourth-order valence-corrected chi connectivity index (χ4v) is 7.64. The molecule has 0 saturated carbocycles. The Morgan fingerprint density at radius 1 is 0.449 bits per heavy atom. The molecular weight excluding hydrogens is 963 g/mol. The van der Waals surface area contributed by atoms with Crippen molar-refractivity contribution >= 4 is 25.0 Å². The van der Waals surface area contributed by atoms with Crippen LogP contribution in [0.5, 0.6) is 23.0 Å². The maximum absolute atomic E-state index is 12.6. The lowest BCUT2D eigenvalue weighted by Crippen LogP contribution is -2.17. The molecule has 0 unspecified atom stereocenters. The van der Waals surface area contributed by atoms with E-state index in [1.807, 2.05) is 44.2 Å². The van der Waals surface area contributed by atoms with Crippen LogP contribution in [0.2, 0.25) is 0 Å². The van der Waals surface area contributed by atoms with Gasteiger partial charge in [0, 0.05) is 11.1 Å². The highest BCUT2D eigenvalue weighted by atomic mass is 31.2. The van der Waals surface area contributed by atoms with Gasteiger partial charge in [0.15, 0.2) is 5.78 Å². The summed E-state index contributed by atoms with van der Waals surface area (Å²) in [5, 5.41) is 0. The molecule has 0 spiro atoms. The van der Waals surface area contributed by atoms with Gasteiger partial charge in [-0.05, 0) is 96.3 Å². The molecule has 368 valence electrons. The highest BCUT2D eigenvalue weighted by molar-refractivity contribution is 7.53. The van der Waals surface area contributed by atoms with E-state index in [2.05, 4.69) is 18.9 Å². The predicted octanol–water partition coefficient (Wildman–Crippen LogP) is 15.2. The van der Waals surface area contributed by atoms with Crippen molar-refractivity contribution in [1.82, 2.24) is 0 Å². The number of rotatable bonds is 15. The van der Waals surface area contributed by atoms with Crippen LogP contribution in [0.3, 0.4) is 0 Å². The SMILES string of the molecule is CCOP(=O)(Cc1ccccc1)OCC.FC(F)(F)Oc1cccc(C(=Cc2ccccc2)c2cccc(OC(F)(F)F)c2)c1.O=C(c1cccc(OC(F)(F)F)c1)c1cccc(OC(F)(F)F)c1. The lowest BCUT2D eigenvalue weighted by molar-refractivity contribution is -0.275. The van der Waals surface area contributed by atoms with Crippen LogP contribution in [0.25, 0.3) is 11.6 Å². The van der Waals surface area contributed by atoms with Gasteiger partial charge in [-0.2, -0.15) is 0 Å². The number of carbonyl (C=O) groups excluding carboxylic acids is 1. The molecule has 6 aromatic carbocycles. The number of ether oxygens (including phenoxy) is 4. The maximum Gasteiger partial charge on any atom is 0.573 e. The van der Waals surface area contributed by atoms with Gasteiger partial charge >= 0.3 is 33.0 Å². The van der Waals surface area contributed by atoms with Gasteiger partial charge < -0.3 is 28.0 Å². The Balaban J connectivity index is 0.000000238. The Labute approximate surface area is 387 Å². The van der Waals surface area contributed by atoms with Crippen molar-refractivity contribution in [1.29, 1.82) is 0 Å². The van der Waals surface area contributed by atoms with E-state index >= 15 is 0 Å². The molecule has 0 amide bonds. The molecule has 6 aromatic rings. The normalized spacial score (nSPS) is 11.7. The number of halogens is 12. The summed E-state index contributed by atoms with van der Waals surface area (Å²) in [6, 6.07) is 37.2. The third-order valence-corrected chi connectivity index (χ3v) is 10.5. The molecular formula is C48H39F12O8P. The van der Waals surface area contributed by atoms with E-state index in [9.17, 15) is 62.0 Å². The van der Waals surface area contributed by atoms with Crippen molar-refractivity contribution in [2.45, 2.75) is 45.5 Å². The Morgan fingerprint density at radius 2 is 0.768 bits per heavy atom. The molecule has 0 aliphatic heterocycles. The predicted molar refractivity (Wildman–Crippen MR) is 230 cm³/mol.